The number of rotatable bonds is 12. The molecule has 27 heavy (non-hydrogen) atoms. The average Bonchev–Trinajstić information content (AvgIpc) is 3.15. The standard InChI is InChI=1S/C19H30N6O2/c1-2-18-24-23-16-25(18)12-10-21-19(22-11-14-27-15-13-26)20-9-8-17-6-4-3-5-7-17/h3-7,16,26H,2,8-15H2,1H3,(H2,20,21,22). The summed E-state index contributed by atoms with van der Waals surface area (Å²) in [6, 6.07) is 10.4. The number of aliphatic hydroxyl groups is 1. The number of aliphatic hydroxyl groups excluding tert-OH is 1. The van der Waals surface area contributed by atoms with Gasteiger partial charge in [0.25, 0.3) is 0 Å². The first-order valence-corrected chi connectivity index (χ1v) is 9.45. The van der Waals surface area contributed by atoms with Crippen molar-refractivity contribution >= 4 is 5.96 Å². The Bertz CT molecular complexity index is 659. The van der Waals surface area contributed by atoms with Crippen LogP contribution in [-0.2, 0) is 24.1 Å². The number of ether oxygens (including phenoxy) is 1. The molecule has 0 aliphatic carbocycles. The number of aromatic nitrogens is 3. The minimum Gasteiger partial charge on any atom is -0.394 e. The van der Waals surface area contributed by atoms with Crippen molar-refractivity contribution in [1.29, 1.82) is 0 Å². The van der Waals surface area contributed by atoms with E-state index in [1.807, 2.05) is 22.8 Å². The summed E-state index contributed by atoms with van der Waals surface area (Å²) < 4.78 is 7.31. The van der Waals surface area contributed by atoms with Crippen LogP contribution in [0.4, 0.5) is 0 Å². The van der Waals surface area contributed by atoms with Crippen LogP contribution in [0.3, 0.4) is 0 Å². The smallest absolute Gasteiger partial charge is 0.191 e. The maximum absolute atomic E-state index is 8.75. The fraction of sp³-hybridized carbons (Fsp3) is 0.526. The number of aryl methyl sites for hydroxylation is 1. The summed E-state index contributed by atoms with van der Waals surface area (Å²) in [7, 11) is 0. The van der Waals surface area contributed by atoms with E-state index in [0.717, 1.165) is 44.3 Å². The molecule has 0 atom stereocenters. The van der Waals surface area contributed by atoms with Crippen LogP contribution in [0.5, 0.6) is 0 Å². The molecular weight excluding hydrogens is 344 g/mol. The Labute approximate surface area is 160 Å². The van der Waals surface area contributed by atoms with E-state index in [2.05, 4.69) is 44.9 Å². The van der Waals surface area contributed by atoms with E-state index < -0.39 is 0 Å². The first-order valence-electron chi connectivity index (χ1n) is 9.45. The van der Waals surface area contributed by atoms with Gasteiger partial charge in [0.15, 0.2) is 5.96 Å². The van der Waals surface area contributed by atoms with Crippen LogP contribution in [0.15, 0.2) is 41.7 Å². The third-order valence-corrected chi connectivity index (χ3v) is 3.95. The molecule has 148 valence electrons. The van der Waals surface area contributed by atoms with Crippen LogP contribution in [0.2, 0.25) is 0 Å². The van der Waals surface area contributed by atoms with Crippen molar-refractivity contribution in [2.45, 2.75) is 26.3 Å². The molecule has 0 saturated heterocycles. The Balaban J connectivity index is 1.79. The third kappa shape index (κ3) is 8.19. The van der Waals surface area contributed by atoms with Crippen LogP contribution in [-0.4, -0.2) is 65.3 Å². The molecule has 1 heterocycles. The molecule has 0 fully saturated rings. The van der Waals surface area contributed by atoms with Gasteiger partial charge in [-0.25, -0.2) is 0 Å². The fourth-order valence-corrected chi connectivity index (χ4v) is 2.57. The van der Waals surface area contributed by atoms with Crippen molar-refractivity contribution in [3.63, 3.8) is 0 Å². The molecule has 2 aromatic rings. The third-order valence-electron chi connectivity index (χ3n) is 3.95. The van der Waals surface area contributed by atoms with E-state index in [1.165, 1.54) is 5.56 Å². The number of aliphatic imine (C=N–C) groups is 1. The van der Waals surface area contributed by atoms with Crippen molar-refractivity contribution in [3.05, 3.63) is 48.0 Å². The van der Waals surface area contributed by atoms with E-state index >= 15 is 0 Å². The van der Waals surface area contributed by atoms with Crippen LogP contribution in [0.25, 0.3) is 0 Å². The highest BCUT2D eigenvalue weighted by Crippen LogP contribution is 1.98. The monoisotopic (exact) mass is 374 g/mol. The summed E-state index contributed by atoms with van der Waals surface area (Å²) in [5, 5.41) is 23.5. The highest BCUT2D eigenvalue weighted by Gasteiger charge is 2.03. The minimum atomic E-state index is 0.0306. The average molecular weight is 374 g/mol. The normalized spacial score (nSPS) is 11.6. The Morgan fingerprint density at radius 3 is 2.78 bits per heavy atom. The van der Waals surface area contributed by atoms with Crippen molar-refractivity contribution in [3.8, 4) is 0 Å². The van der Waals surface area contributed by atoms with E-state index in [-0.39, 0.29) is 6.61 Å². The van der Waals surface area contributed by atoms with Gasteiger partial charge >= 0.3 is 0 Å². The zero-order valence-electron chi connectivity index (χ0n) is 16.0. The zero-order chi connectivity index (χ0) is 19.2. The Morgan fingerprint density at radius 2 is 2.00 bits per heavy atom. The molecule has 0 aliphatic rings. The van der Waals surface area contributed by atoms with Crippen molar-refractivity contribution in [1.82, 2.24) is 25.4 Å². The Morgan fingerprint density at radius 1 is 1.19 bits per heavy atom. The van der Waals surface area contributed by atoms with Gasteiger partial charge in [-0.05, 0) is 12.0 Å². The summed E-state index contributed by atoms with van der Waals surface area (Å²) in [4.78, 5) is 4.54. The quantitative estimate of drug-likeness (QED) is 0.286. The van der Waals surface area contributed by atoms with Gasteiger partial charge in [-0.3, -0.25) is 4.99 Å². The number of nitrogens with one attached hydrogen (secondary N) is 2. The van der Waals surface area contributed by atoms with Crippen molar-refractivity contribution in [2.24, 2.45) is 4.99 Å². The van der Waals surface area contributed by atoms with Gasteiger partial charge in [0, 0.05) is 26.1 Å². The summed E-state index contributed by atoms with van der Waals surface area (Å²) in [6.45, 7) is 5.75. The van der Waals surface area contributed by atoms with Gasteiger partial charge in [-0.15, -0.1) is 10.2 Å². The first-order chi connectivity index (χ1) is 13.3. The molecule has 1 aromatic carbocycles. The lowest BCUT2D eigenvalue weighted by molar-refractivity contribution is 0.0977. The van der Waals surface area contributed by atoms with Gasteiger partial charge in [0.05, 0.1) is 26.4 Å². The highest BCUT2D eigenvalue weighted by atomic mass is 16.5. The predicted octanol–water partition coefficient (Wildman–Crippen LogP) is 0.627. The molecule has 1 aromatic heterocycles. The lowest BCUT2D eigenvalue weighted by Gasteiger charge is -2.13. The van der Waals surface area contributed by atoms with Gasteiger partial charge in [-0.2, -0.15) is 0 Å². The molecule has 0 unspecified atom stereocenters. The molecule has 0 saturated carbocycles. The van der Waals surface area contributed by atoms with Crippen LogP contribution in [0.1, 0.15) is 18.3 Å². The molecule has 0 radical (unpaired) electrons. The van der Waals surface area contributed by atoms with Crippen molar-refractivity contribution in [2.75, 3.05) is 39.5 Å². The second kappa shape index (κ2) is 12.8. The summed E-state index contributed by atoms with van der Waals surface area (Å²) in [5.41, 5.74) is 1.28. The molecule has 8 nitrogen and oxygen atoms in total. The zero-order valence-corrected chi connectivity index (χ0v) is 16.0. The van der Waals surface area contributed by atoms with E-state index in [1.54, 1.807) is 6.33 Å². The molecule has 8 heteroatoms. The number of guanidine groups is 1. The molecular formula is C19H30N6O2. The first kappa shape index (κ1) is 20.9. The summed E-state index contributed by atoms with van der Waals surface area (Å²) in [5.74, 6) is 1.73. The van der Waals surface area contributed by atoms with Crippen molar-refractivity contribution < 1.29 is 9.84 Å². The fourth-order valence-electron chi connectivity index (χ4n) is 2.57. The van der Waals surface area contributed by atoms with E-state index in [0.29, 0.717) is 19.8 Å². The van der Waals surface area contributed by atoms with Gasteiger partial charge in [0.1, 0.15) is 12.2 Å². The largest absolute Gasteiger partial charge is 0.394 e. The van der Waals surface area contributed by atoms with Crippen LogP contribution >= 0.6 is 0 Å². The van der Waals surface area contributed by atoms with Gasteiger partial charge in [0.2, 0.25) is 0 Å². The second-order valence-corrected chi connectivity index (χ2v) is 5.95. The lowest BCUT2D eigenvalue weighted by Crippen LogP contribution is -2.40. The van der Waals surface area contributed by atoms with Gasteiger partial charge < -0.3 is 25.0 Å². The molecule has 3 N–H and O–H groups in total. The van der Waals surface area contributed by atoms with Crippen LogP contribution in [0, 0.1) is 0 Å². The number of hydrogen-bond donors (Lipinski definition) is 3. The maximum atomic E-state index is 8.75. The summed E-state index contributed by atoms with van der Waals surface area (Å²) in [6.07, 6.45) is 3.54. The Kier molecular flexibility index (Phi) is 9.91. The van der Waals surface area contributed by atoms with E-state index in [4.69, 9.17) is 9.84 Å². The number of benzene rings is 1. The molecule has 0 spiro atoms. The predicted molar refractivity (Wildman–Crippen MR) is 106 cm³/mol. The van der Waals surface area contributed by atoms with Crippen LogP contribution < -0.4 is 10.6 Å². The lowest BCUT2D eigenvalue weighted by atomic mass is 10.1. The maximum Gasteiger partial charge on any atom is 0.191 e. The number of hydrogen-bond acceptors (Lipinski definition) is 5. The van der Waals surface area contributed by atoms with Gasteiger partial charge in [-0.1, -0.05) is 37.3 Å². The molecule has 0 amide bonds. The molecule has 2 rings (SSSR count). The minimum absolute atomic E-state index is 0.0306. The second-order valence-electron chi connectivity index (χ2n) is 5.95. The summed E-state index contributed by atoms with van der Waals surface area (Å²) >= 11 is 0. The topological polar surface area (TPSA) is 96.6 Å². The highest BCUT2D eigenvalue weighted by molar-refractivity contribution is 5.79. The molecule has 0 aliphatic heterocycles. The Hall–Kier alpha value is -2.45. The number of nitrogens with zero attached hydrogens (tertiary/aromatic N) is 4. The van der Waals surface area contributed by atoms with E-state index in [9.17, 15) is 0 Å². The molecule has 0 bridgehead atoms. The SMILES string of the molecule is CCc1nncn1CCNC(=NCCOCCO)NCCc1ccccc1.